The van der Waals surface area contributed by atoms with Crippen molar-refractivity contribution < 1.29 is 0 Å². The van der Waals surface area contributed by atoms with Crippen LogP contribution in [0.4, 0.5) is 0 Å². The van der Waals surface area contributed by atoms with Crippen LogP contribution in [0.15, 0.2) is 12.5 Å². The van der Waals surface area contributed by atoms with Gasteiger partial charge in [-0.25, -0.2) is 4.98 Å². The summed E-state index contributed by atoms with van der Waals surface area (Å²) in [7, 11) is 0. The molecule has 1 fully saturated rings. The standard InChI is InChI=1S/C10H17N3/c1-7(11)10-5-12-6-13(10)8(2)9-3-4-9/h5-9H,3-4,11H2,1-2H3. The third-order valence-electron chi connectivity index (χ3n) is 2.91. The molecule has 1 aromatic heterocycles. The van der Waals surface area contributed by atoms with E-state index >= 15 is 0 Å². The topological polar surface area (TPSA) is 43.8 Å². The van der Waals surface area contributed by atoms with Gasteiger partial charge in [-0.1, -0.05) is 0 Å². The summed E-state index contributed by atoms with van der Waals surface area (Å²) in [5, 5.41) is 0. The molecule has 0 aliphatic heterocycles. The van der Waals surface area contributed by atoms with E-state index in [1.165, 1.54) is 12.8 Å². The van der Waals surface area contributed by atoms with Gasteiger partial charge in [0.1, 0.15) is 0 Å². The van der Waals surface area contributed by atoms with Crippen molar-refractivity contribution in [2.75, 3.05) is 0 Å². The van der Waals surface area contributed by atoms with Crippen LogP contribution in [0.5, 0.6) is 0 Å². The molecule has 1 aliphatic rings. The Hall–Kier alpha value is -0.830. The van der Waals surface area contributed by atoms with Crippen molar-refractivity contribution in [2.24, 2.45) is 11.7 Å². The molecule has 1 heterocycles. The molecule has 0 amide bonds. The minimum Gasteiger partial charge on any atom is -0.330 e. The predicted octanol–water partition coefficient (Wildman–Crippen LogP) is 1.87. The smallest absolute Gasteiger partial charge is 0.0951 e. The minimum atomic E-state index is 0.0868. The molecule has 2 N–H and O–H groups in total. The fourth-order valence-corrected chi connectivity index (χ4v) is 1.81. The van der Waals surface area contributed by atoms with Crippen LogP contribution in [0.25, 0.3) is 0 Å². The van der Waals surface area contributed by atoms with Crippen molar-refractivity contribution in [2.45, 2.75) is 38.8 Å². The number of hydrogen-bond donors (Lipinski definition) is 1. The summed E-state index contributed by atoms with van der Waals surface area (Å²) in [4.78, 5) is 4.16. The predicted molar refractivity (Wildman–Crippen MR) is 52.3 cm³/mol. The van der Waals surface area contributed by atoms with Gasteiger partial charge in [0.15, 0.2) is 0 Å². The van der Waals surface area contributed by atoms with E-state index < -0.39 is 0 Å². The Balaban J connectivity index is 2.22. The first kappa shape index (κ1) is 8.75. The number of hydrogen-bond acceptors (Lipinski definition) is 2. The normalized spacial score (nSPS) is 21.5. The van der Waals surface area contributed by atoms with Gasteiger partial charge in [-0.2, -0.15) is 0 Å². The quantitative estimate of drug-likeness (QED) is 0.769. The van der Waals surface area contributed by atoms with Crippen molar-refractivity contribution in [3.05, 3.63) is 18.2 Å². The molecule has 1 aromatic rings. The summed E-state index contributed by atoms with van der Waals surface area (Å²) in [6.45, 7) is 4.26. The number of rotatable bonds is 3. The van der Waals surface area contributed by atoms with Gasteiger partial charge in [-0.15, -0.1) is 0 Å². The third kappa shape index (κ3) is 1.61. The van der Waals surface area contributed by atoms with Crippen LogP contribution >= 0.6 is 0 Å². The molecular weight excluding hydrogens is 162 g/mol. The molecule has 2 unspecified atom stereocenters. The molecule has 0 radical (unpaired) electrons. The van der Waals surface area contributed by atoms with Gasteiger partial charge >= 0.3 is 0 Å². The highest BCUT2D eigenvalue weighted by Gasteiger charge is 2.30. The zero-order valence-corrected chi connectivity index (χ0v) is 8.27. The number of nitrogens with zero attached hydrogens (tertiary/aromatic N) is 2. The molecule has 3 nitrogen and oxygen atoms in total. The van der Waals surface area contributed by atoms with Gasteiger partial charge in [-0.05, 0) is 32.6 Å². The molecule has 0 bridgehead atoms. The summed E-state index contributed by atoms with van der Waals surface area (Å²) in [5.74, 6) is 0.853. The molecule has 0 saturated heterocycles. The van der Waals surface area contributed by atoms with E-state index in [1.807, 2.05) is 19.4 Å². The van der Waals surface area contributed by atoms with Crippen molar-refractivity contribution in [1.82, 2.24) is 9.55 Å². The van der Waals surface area contributed by atoms with Gasteiger partial charge in [0.25, 0.3) is 0 Å². The van der Waals surface area contributed by atoms with E-state index in [0.29, 0.717) is 6.04 Å². The lowest BCUT2D eigenvalue weighted by Gasteiger charge is -2.17. The molecule has 2 rings (SSSR count). The Bertz CT molecular complexity index is 286. The Morgan fingerprint density at radius 1 is 1.54 bits per heavy atom. The molecule has 1 saturated carbocycles. The Morgan fingerprint density at radius 3 is 2.77 bits per heavy atom. The second-order valence-electron chi connectivity index (χ2n) is 4.09. The van der Waals surface area contributed by atoms with Gasteiger partial charge in [-0.3, -0.25) is 0 Å². The maximum absolute atomic E-state index is 5.86. The van der Waals surface area contributed by atoms with Crippen LogP contribution in [-0.2, 0) is 0 Å². The largest absolute Gasteiger partial charge is 0.330 e. The first-order valence-electron chi connectivity index (χ1n) is 4.97. The first-order chi connectivity index (χ1) is 6.20. The number of aromatic nitrogens is 2. The van der Waals surface area contributed by atoms with Crippen molar-refractivity contribution in [3.8, 4) is 0 Å². The fourth-order valence-electron chi connectivity index (χ4n) is 1.81. The second-order valence-corrected chi connectivity index (χ2v) is 4.09. The molecule has 13 heavy (non-hydrogen) atoms. The molecule has 3 heteroatoms. The average Bonchev–Trinajstić information content (AvgIpc) is 2.80. The molecule has 2 atom stereocenters. The van der Waals surface area contributed by atoms with Gasteiger partial charge in [0, 0.05) is 18.3 Å². The van der Waals surface area contributed by atoms with Crippen molar-refractivity contribution in [1.29, 1.82) is 0 Å². The lowest BCUT2D eigenvalue weighted by Crippen LogP contribution is -2.15. The average molecular weight is 179 g/mol. The molecule has 72 valence electrons. The zero-order chi connectivity index (χ0) is 9.42. The van der Waals surface area contributed by atoms with E-state index in [0.717, 1.165) is 11.6 Å². The van der Waals surface area contributed by atoms with E-state index in [4.69, 9.17) is 5.73 Å². The SMILES string of the molecule is CC(N)c1cncn1C(C)C1CC1. The Morgan fingerprint density at radius 2 is 2.23 bits per heavy atom. The summed E-state index contributed by atoms with van der Waals surface area (Å²) in [5.41, 5.74) is 7.01. The van der Waals surface area contributed by atoms with E-state index in [9.17, 15) is 0 Å². The summed E-state index contributed by atoms with van der Waals surface area (Å²) >= 11 is 0. The van der Waals surface area contributed by atoms with E-state index in [-0.39, 0.29) is 6.04 Å². The molecule has 1 aliphatic carbocycles. The highest BCUT2D eigenvalue weighted by atomic mass is 15.1. The molecular formula is C10H17N3. The summed E-state index contributed by atoms with van der Waals surface area (Å²) in [6, 6.07) is 0.659. The lowest BCUT2D eigenvalue weighted by molar-refractivity contribution is 0.461. The number of imidazole rings is 1. The van der Waals surface area contributed by atoms with Gasteiger partial charge in [0.05, 0.1) is 12.0 Å². The van der Waals surface area contributed by atoms with E-state index in [2.05, 4.69) is 16.5 Å². The summed E-state index contributed by atoms with van der Waals surface area (Å²) in [6.07, 6.45) is 6.50. The molecule has 0 aromatic carbocycles. The monoisotopic (exact) mass is 179 g/mol. The van der Waals surface area contributed by atoms with Crippen LogP contribution in [-0.4, -0.2) is 9.55 Å². The summed E-state index contributed by atoms with van der Waals surface area (Å²) < 4.78 is 2.22. The van der Waals surface area contributed by atoms with Crippen LogP contribution in [0, 0.1) is 5.92 Å². The first-order valence-corrected chi connectivity index (χ1v) is 4.97. The van der Waals surface area contributed by atoms with Crippen LogP contribution < -0.4 is 5.73 Å². The Labute approximate surface area is 79.0 Å². The van der Waals surface area contributed by atoms with Gasteiger partial charge < -0.3 is 10.3 Å². The fraction of sp³-hybridized carbons (Fsp3) is 0.700. The maximum Gasteiger partial charge on any atom is 0.0951 e. The zero-order valence-electron chi connectivity index (χ0n) is 8.27. The lowest BCUT2D eigenvalue weighted by atomic mass is 10.2. The second kappa shape index (κ2) is 3.14. The maximum atomic E-state index is 5.86. The number of nitrogens with two attached hydrogens (primary N) is 1. The molecule has 0 spiro atoms. The Kier molecular flexibility index (Phi) is 2.12. The highest BCUT2D eigenvalue weighted by Crippen LogP contribution is 2.40. The van der Waals surface area contributed by atoms with Crippen LogP contribution in [0.3, 0.4) is 0 Å². The van der Waals surface area contributed by atoms with Crippen LogP contribution in [0.1, 0.15) is 44.5 Å². The van der Waals surface area contributed by atoms with Crippen molar-refractivity contribution >= 4 is 0 Å². The van der Waals surface area contributed by atoms with E-state index in [1.54, 1.807) is 0 Å². The highest BCUT2D eigenvalue weighted by molar-refractivity contribution is 5.06. The van der Waals surface area contributed by atoms with Gasteiger partial charge in [0.2, 0.25) is 0 Å². The minimum absolute atomic E-state index is 0.0868. The van der Waals surface area contributed by atoms with Crippen LogP contribution in [0.2, 0.25) is 0 Å². The van der Waals surface area contributed by atoms with Crippen molar-refractivity contribution in [3.63, 3.8) is 0 Å². The third-order valence-corrected chi connectivity index (χ3v) is 2.91.